The van der Waals surface area contributed by atoms with E-state index >= 15 is 0 Å². The van der Waals surface area contributed by atoms with E-state index in [0.717, 1.165) is 24.9 Å². The molecule has 0 aromatic heterocycles. The first-order valence-corrected chi connectivity index (χ1v) is 6.88. The molecule has 1 aliphatic carbocycles. The van der Waals surface area contributed by atoms with Gasteiger partial charge in [0.25, 0.3) is 0 Å². The number of aryl methyl sites for hydroxylation is 2. The Kier molecular flexibility index (Phi) is 4.24. The zero-order valence-corrected chi connectivity index (χ0v) is 11.3. The van der Waals surface area contributed by atoms with Crippen LogP contribution >= 0.6 is 0 Å². The minimum Gasteiger partial charge on any atom is -0.335 e. The highest BCUT2D eigenvalue weighted by atomic mass is 16.2. The number of nitrogens with one attached hydrogen (secondary N) is 2. The van der Waals surface area contributed by atoms with Crippen molar-refractivity contribution in [3.05, 3.63) is 29.3 Å². The third-order valence-electron chi connectivity index (χ3n) is 3.46. The van der Waals surface area contributed by atoms with Gasteiger partial charge in [0.05, 0.1) is 0 Å². The van der Waals surface area contributed by atoms with Crippen molar-refractivity contribution in [1.29, 1.82) is 0 Å². The van der Waals surface area contributed by atoms with Gasteiger partial charge in [-0.15, -0.1) is 0 Å². The van der Waals surface area contributed by atoms with E-state index in [1.165, 1.54) is 24.0 Å². The Labute approximate surface area is 109 Å². The second-order valence-electron chi connectivity index (χ2n) is 5.13. The van der Waals surface area contributed by atoms with Crippen LogP contribution in [0, 0.1) is 0 Å². The first-order chi connectivity index (χ1) is 8.69. The molecule has 1 aliphatic rings. The monoisotopic (exact) mass is 246 g/mol. The van der Waals surface area contributed by atoms with Crippen molar-refractivity contribution in [1.82, 2.24) is 5.32 Å². The van der Waals surface area contributed by atoms with Crippen LogP contribution in [-0.2, 0) is 12.8 Å². The van der Waals surface area contributed by atoms with Gasteiger partial charge in [0, 0.05) is 11.7 Å². The predicted molar refractivity (Wildman–Crippen MR) is 75.0 cm³/mol. The van der Waals surface area contributed by atoms with Crippen LogP contribution in [0.25, 0.3) is 0 Å². The number of amides is 2. The minimum atomic E-state index is -0.103. The summed E-state index contributed by atoms with van der Waals surface area (Å²) in [4.78, 5) is 11.8. The summed E-state index contributed by atoms with van der Waals surface area (Å²) >= 11 is 0. The van der Waals surface area contributed by atoms with E-state index in [-0.39, 0.29) is 12.1 Å². The topological polar surface area (TPSA) is 41.1 Å². The van der Waals surface area contributed by atoms with E-state index in [9.17, 15) is 4.79 Å². The summed E-state index contributed by atoms with van der Waals surface area (Å²) in [5.74, 6) is 0. The molecule has 2 rings (SSSR count). The van der Waals surface area contributed by atoms with E-state index in [0.29, 0.717) is 0 Å². The normalized spacial score (nSPS) is 15.0. The lowest BCUT2D eigenvalue weighted by molar-refractivity contribution is 0.248. The van der Waals surface area contributed by atoms with Crippen LogP contribution in [0.15, 0.2) is 18.2 Å². The number of fused-ring (bicyclic) bond motifs is 1. The van der Waals surface area contributed by atoms with Gasteiger partial charge in [-0.1, -0.05) is 19.4 Å². The molecule has 0 aliphatic heterocycles. The fraction of sp³-hybridized carbons (Fsp3) is 0.533. The summed E-state index contributed by atoms with van der Waals surface area (Å²) in [5, 5.41) is 5.86. The summed E-state index contributed by atoms with van der Waals surface area (Å²) in [6.45, 7) is 4.16. The van der Waals surface area contributed by atoms with Crippen molar-refractivity contribution in [3.8, 4) is 0 Å². The highest BCUT2D eigenvalue weighted by molar-refractivity contribution is 5.89. The van der Waals surface area contributed by atoms with Gasteiger partial charge in [-0.05, 0) is 55.9 Å². The molecule has 1 unspecified atom stereocenters. The van der Waals surface area contributed by atoms with Crippen LogP contribution in [0.4, 0.5) is 10.5 Å². The van der Waals surface area contributed by atoms with E-state index in [1.807, 2.05) is 13.0 Å². The average Bonchev–Trinajstić information content (AvgIpc) is 2.76. The van der Waals surface area contributed by atoms with Gasteiger partial charge in [0.1, 0.15) is 0 Å². The maximum atomic E-state index is 11.8. The van der Waals surface area contributed by atoms with E-state index in [4.69, 9.17) is 0 Å². The molecule has 1 aromatic carbocycles. The van der Waals surface area contributed by atoms with Crippen molar-refractivity contribution in [2.24, 2.45) is 0 Å². The fourth-order valence-electron chi connectivity index (χ4n) is 2.55. The Morgan fingerprint density at radius 3 is 2.89 bits per heavy atom. The molecule has 18 heavy (non-hydrogen) atoms. The summed E-state index contributed by atoms with van der Waals surface area (Å²) in [5.41, 5.74) is 3.71. The second kappa shape index (κ2) is 5.89. The molecule has 2 N–H and O–H groups in total. The van der Waals surface area contributed by atoms with E-state index in [1.54, 1.807) is 0 Å². The van der Waals surface area contributed by atoms with Gasteiger partial charge in [-0.25, -0.2) is 4.79 Å². The maximum absolute atomic E-state index is 11.8. The van der Waals surface area contributed by atoms with E-state index < -0.39 is 0 Å². The Morgan fingerprint density at radius 1 is 1.33 bits per heavy atom. The van der Waals surface area contributed by atoms with Gasteiger partial charge in [0.2, 0.25) is 0 Å². The molecule has 3 heteroatoms. The molecule has 3 nitrogen and oxygen atoms in total. The summed E-state index contributed by atoms with van der Waals surface area (Å²) in [6, 6.07) is 6.35. The molecule has 0 saturated carbocycles. The first kappa shape index (κ1) is 12.9. The number of urea groups is 1. The van der Waals surface area contributed by atoms with Crippen LogP contribution in [0.3, 0.4) is 0 Å². The zero-order chi connectivity index (χ0) is 13.0. The highest BCUT2D eigenvalue weighted by Gasteiger charge is 2.12. The fourth-order valence-corrected chi connectivity index (χ4v) is 2.55. The lowest BCUT2D eigenvalue weighted by Crippen LogP contribution is -2.35. The molecule has 0 spiro atoms. The van der Waals surface area contributed by atoms with Gasteiger partial charge in [0.15, 0.2) is 0 Å². The van der Waals surface area contributed by atoms with Gasteiger partial charge < -0.3 is 10.6 Å². The average molecular weight is 246 g/mol. The van der Waals surface area contributed by atoms with Crippen molar-refractivity contribution in [3.63, 3.8) is 0 Å². The van der Waals surface area contributed by atoms with Crippen molar-refractivity contribution < 1.29 is 4.79 Å². The molecule has 0 bridgehead atoms. The maximum Gasteiger partial charge on any atom is 0.319 e. The Morgan fingerprint density at radius 2 is 2.11 bits per heavy atom. The van der Waals surface area contributed by atoms with Gasteiger partial charge in [-0.2, -0.15) is 0 Å². The van der Waals surface area contributed by atoms with Gasteiger partial charge >= 0.3 is 6.03 Å². The quantitative estimate of drug-likeness (QED) is 0.839. The lowest BCUT2D eigenvalue weighted by Gasteiger charge is -2.14. The highest BCUT2D eigenvalue weighted by Crippen LogP contribution is 2.24. The number of carbonyl (C=O) groups is 1. The molecule has 98 valence electrons. The molecule has 1 atom stereocenters. The minimum absolute atomic E-state index is 0.103. The SMILES string of the molecule is CCCC(C)NC(=O)Nc1ccc2c(c1)CCC2. The van der Waals surface area contributed by atoms with Crippen LogP contribution in [-0.4, -0.2) is 12.1 Å². The second-order valence-corrected chi connectivity index (χ2v) is 5.13. The molecule has 2 amide bonds. The Hall–Kier alpha value is -1.51. The summed E-state index contributed by atoms with van der Waals surface area (Å²) in [7, 11) is 0. The van der Waals surface area contributed by atoms with E-state index in [2.05, 4.69) is 29.7 Å². The third kappa shape index (κ3) is 3.25. The van der Waals surface area contributed by atoms with Crippen LogP contribution in [0.5, 0.6) is 0 Å². The first-order valence-electron chi connectivity index (χ1n) is 6.88. The number of carbonyl (C=O) groups excluding carboxylic acids is 1. The molecule has 0 saturated heterocycles. The molecular weight excluding hydrogens is 224 g/mol. The smallest absolute Gasteiger partial charge is 0.319 e. The van der Waals surface area contributed by atoms with Crippen LogP contribution in [0.2, 0.25) is 0 Å². The Bertz CT molecular complexity index is 429. The number of benzene rings is 1. The number of hydrogen-bond acceptors (Lipinski definition) is 1. The van der Waals surface area contributed by atoms with Crippen molar-refractivity contribution >= 4 is 11.7 Å². The predicted octanol–water partition coefficient (Wildman–Crippen LogP) is 3.49. The number of rotatable bonds is 4. The molecule has 0 fully saturated rings. The molecule has 0 heterocycles. The number of anilines is 1. The summed E-state index contributed by atoms with van der Waals surface area (Å²) < 4.78 is 0. The van der Waals surface area contributed by atoms with Crippen molar-refractivity contribution in [2.45, 2.75) is 52.0 Å². The molecule has 1 aromatic rings. The third-order valence-corrected chi connectivity index (χ3v) is 3.46. The summed E-state index contributed by atoms with van der Waals surface area (Å²) in [6.07, 6.45) is 5.64. The molecular formula is C15H22N2O. The lowest BCUT2D eigenvalue weighted by atomic mass is 10.1. The Balaban J connectivity index is 1.91. The number of hydrogen-bond donors (Lipinski definition) is 2. The largest absolute Gasteiger partial charge is 0.335 e. The van der Waals surface area contributed by atoms with Gasteiger partial charge in [-0.3, -0.25) is 0 Å². The standard InChI is InChI=1S/C15H22N2O/c1-3-5-11(2)16-15(18)17-14-9-8-12-6-4-7-13(12)10-14/h8-11H,3-7H2,1-2H3,(H2,16,17,18). The molecule has 0 radical (unpaired) electrons. The van der Waals surface area contributed by atoms with Crippen LogP contribution < -0.4 is 10.6 Å². The van der Waals surface area contributed by atoms with Crippen LogP contribution in [0.1, 0.15) is 44.2 Å². The zero-order valence-electron chi connectivity index (χ0n) is 11.3. The van der Waals surface area contributed by atoms with Crippen molar-refractivity contribution in [2.75, 3.05) is 5.32 Å².